The van der Waals surface area contributed by atoms with Gasteiger partial charge in [0, 0.05) is 12.0 Å². The Bertz CT molecular complexity index is 228. The number of carbonyl (C=O) groups is 2. The van der Waals surface area contributed by atoms with E-state index in [0.717, 1.165) is 6.08 Å². The summed E-state index contributed by atoms with van der Waals surface area (Å²) >= 11 is 0. The molecule has 0 amide bonds. The van der Waals surface area contributed by atoms with Gasteiger partial charge in [-0.3, -0.25) is 4.79 Å². The predicted octanol–water partition coefficient (Wildman–Crippen LogP) is 1.22. The summed E-state index contributed by atoms with van der Waals surface area (Å²) < 4.78 is 4.47. The van der Waals surface area contributed by atoms with Crippen molar-refractivity contribution in [2.45, 2.75) is 20.8 Å². The lowest BCUT2D eigenvalue weighted by Crippen LogP contribution is -2.11. The molecule has 0 spiro atoms. The highest BCUT2D eigenvalue weighted by Crippen LogP contribution is 2.00. The summed E-state index contributed by atoms with van der Waals surface area (Å²) in [5.74, 6) is -2.04. The highest BCUT2D eigenvalue weighted by molar-refractivity contribution is 5.98. The number of carbonyl (C=O) groups excluding carboxylic acids is 2. The minimum atomic E-state index is -0.864. The van der Waals surface area contributed by atoms with E-state index in [1.54, 1.807) is 20.8 Å². The quantitative estimate of drug-likeness (QED) is 0.407. The Kier molecular flexibility index (Phi) is 4.80. The predicted molar refractivity (Wildman–Crippen MR) is 47.2 cm³/mol. The van der Waals surface area contributed by atoms with Crippen molar-refractivity contribution in [1.29, 1.82) is 0 Å². The Morgan fingerprint density at radius 2 is 2.00 bits per heavy atom. The topological polar surface area (TPSA) is 63.6 Å². The Morgan fingerprint density at radius 3 is 2.38 bits per heavy atom. The van der Waals surface area contributed by atoms with Crippen LogP contribution in [0, 0.1) is 5.92 Å². The molecule has 0 radical (unpaired) electrons. The number of aliphatic hydroxyl groups is 1. The molecule has 0 aliphatic heterocycles. The van der Waals surface area contributed by atoms with Gasteiger partial charge in [-0.25, -0.2) is 4.79 Å². The highest BCUT2D eigenvalue weighted by atomic mass is 16.5. The molecular weight excluding hydrogens is 172 g/mol. The maximum atomic E-state index is 11.0. The zero-order valence-corrected chi connectivity index (χ0v) is 8.03. The van der Waals surface area contributed by atoms with Gasteiger partial charge < -0.3 is 9.84 Å². The molecule has 0 atom stereocenters. The standard InChI is InChI=1S/C9H14O4/c1-4-13-9(12)8(11)5-7(10)6(2)3/h5-6,11H,4H2,1-3H3. The van der Waals surface area contributed by atoms with Crippen molar-refractivity contribution in [2.24, 2.45) is 5.92 Å². The van der Waals surface area contributed by atoms with Gasteiger partial charge in [-0.1, -0.05) is 13.8 Å². The third-order valence-electron chi connectivity index (χ3n) is 1.33. The number of ketones is 1. The van der Waals surface area contributed by atoms with Crippen molar-refractivity contribution in [3.8, 4) is 0 Å². The van der Waals surface area contributed by atoms with Crippen LogP contribution in [0.1, 0.15) is 20.8 Å². The van der Waals surface area contributed by atoms with Crippen molar-refractivity contribution in [3.05, 3.63) is 11.8 Å². The summed E-state index contributed by atoms with van der Waals surface area (Å²) in [4.78, 5) is 21.8. The van der Waals surface area contributed by atoms with Crippen LogP contribution in [0.3, 0.4) is 0 Å². The van der Waals surface area contributed by atoms with E-state index >= 15 is 0 Å². The molecule has 0 bridgehead atoms. The van der Waals surface area contributed by atoms with Crippen LogP contribution in [0.4, 0.5) is 0 Å². The van der Waals surface area contributed by atoms with Gasteiger partial charge >= 0.3 is 5.97 Å². The van der Waals surface area contributed by atoms with Gasteiger partial charge in [-0.05, 0) is 6.92 Å². The first-order valence-electron chi connectivity index (χ1n) is 4.10. The second-order valence-corrected chi connectivity index (χ2v) is 2.81. The Labute approximate surface area is 77.2 Å². The second kappa shape index (κ2) is 5.35. The number of hydrogen-bond acceptors (Lipinski definition) is 4. The molecule has 0 aromatic carbocycles. The van der Waals surface area contributed by atoms with Crippen LogP contribution >= 0.6 is 0 Å². The first kappa shape index (κ1) is 11.7. The van der Waals surface area contributed by atoms with Gasteiger partial charge in [0.1, 0.15) is 0 Å². The van der Waals surface area contributed by atoms with Crippen molar-refractivity contribution in [1.82, 2.24) is 0 Å². The number of ether oxygens (including phenoxy) is 1. The fraction of sp³-hybridized carbons (Fsp3) is 0.556. The molecular formula is C9H14O4. The van der Waals surface area contributed by atoms with Gasteiger partial charge in [-0.2, -0.15) is 0 Å². The van der Waals surface area contributed by atoms with E-state index in [0.29, 0.717) is 0 Å². The van der Waals surface area contributed by atoms with Crippen LogP contribution < -0.4 is 0 Å². The molecule has 13 heavy (non-hydrogen) atoms. The lowest BCUT2D eigenvalue weighted by Gasteiger charge is -2.01. The molecule has 4 heteroatoms. The van der Waals surface area contributed by atoms with E-state index in [1.165, 1.54) is 0 Å². The highest BCUT2D eigenvalue weighted by Gasteiger charge is 2.12. The van der Waals surface area contributed by atoms with E-state index in [1.807, 2.05) is 0 Å². The smallest absolute Gasteiger partial charge is 0.373 e. The number of esters is 1. The molecule has 0 fully saturated rings. The van der Waals surface area contributed by atoms with Gasteiger partial charge in [0.2, 0.25) is 5.76 Å². The van der Waals surface area contributed by atoms with Crippen LogP contribution in [0.2, 0.25) is 0 Å². The summed E-state index contributed by atoms with van der Waals surface area (Å²) in [6.45, 7) is 5.15. The van der Waals surface area contributed by atoms with Crippen LogP contribution in [-0.2, 0) is 14.3 Å². The number of aliphatic hydroxyl groups excluding tert-OH is 1. The van der Waals surface area contributed by atoms with Crippen LogP contribution in [-0.4, -0.2) is 23.5 Å². The summed E-state index contributed by atoms with van der Waals surface area (Å²) in [5, 5.41) is 9.03. The molecule has 0 saturated carbocycles. The second-order valence-electron chi connectivity index (χ2n) is 2.81. The SMILES string of the molecule is CCOC(=O)C(O)=CC(=O)C(C)C. The summed E-state index contributed by atoms with van der Waals surface area (Å²) in [7, 11) is 0. The monoisotopic (exact) mass is 186 g/mol. The Balaban J connectivity index is 4.31. The van der Waals surface area contributed by atoms with Gasteiger partial charge in [0.05, 0.1) is 6.61 Å². The van der Waals surface area contributed by atoms with Crippen molar-refractivity contribution >= 4 is 11.8 Å². The van der Waals surface area contributed by atoms with E-state index in [4.69, 9.17) is 5.11 Å². The van der Waals surface area contributed by atoms with E-state index < -0.39 is 11.7 Å². The van der Waals surface area contributed by atoms with Crippen LogP contribution in [0.5, 0.6) is 0 Å². The van der Waals surface area contributed by atoms with Crippen molar-refractivity contribution in [2.75, 3.05) is 6.61 Å². The van der Waals surface area contributed by atoms with Crippen LogP contribution in [0.25, 0.3) is 0 Å². The Hall–Kier alpha value is -1.32. The van der Waals surface area contributed by atoms with Gasteiger partial charge in [-0.15, -0.1) is 0 Å². The summed E-state index contributed by atoms with van der Waals surface area (Å²) in [6, 6.07) is 0. The zero-order chi connectivity index (χ0) is 10.4. The van der Waals surface area contributed by atoms with E-state index in [2.05, 4.69) is 4.74 Å². The normalized spacial score (nSPS) is 11.5. The molecule has 74 valence electrons. The molecule has 4 nitrogen and oxygen atoms in total. The maximum Gasteiger partial charge on any atom is 0.373 e. The van der Waals surface area contributed by atoms with Gasteiger partial charge in [0.15, 0.2) is 5.78 Å². The molecule has 1 N–H and O–H groups in total. The fourth-order valence-corrected chi connectivity index (χ4v) is 0.565. The minimum Gasteiger partial charge on any atom is -0.502 e. The fourth-order valence-electron chi connectivity index (χ4n) is 0.565. The number of rotatable bonds is 4. The average molecular weight is 186 g/mol. The molecule has 0 aromatic rings. The lowest BCUT2D eigenvalue weighted by molar-refractivity contribution is -0.141. The maximum absolute atomic E-state index is 11.0. The molecule has 0 unspecified atom stereocenters. The van der Waals surface area contributed by atoms with Gasteiger partial charge in [0.25, 0.3) is 0 Å². The molecule has 0 saturated heterocycles. The largest absolute Gasteiger partial charge is 0.502 e. The average Bonchev–Trinajstić information content (AvgIpc) is 2.04. The number of hydrogen-bond donors (Lipinski definition) is 1. The molecule has 0 heterocycles. The van der Waals surface area contributed by atoms with Crippen molar-refractivity contribution < 1.29 is 19.4 Å². The molecule has 0 aromatic heterocycles. The minimum absolute atomic E-state index is 0.173. The first-order chi connectivity index (χ1) is 5.99. The van der Waals surface area contributed by atoms with Crippen molar-refractivity contribution in [3.63, 3.8) is 0 Å². The third-order valence-corrected chi connectivity index (χ3v) is 1.33. The van der Waals surface area contributed by atoms with E-state index in [-0.39, 0.29) is 18.3 Å². The van der Waals surface area contributed by atoms with Crippen LogP contribution in [0.15, 0.2) is 11.8 Å². The number of allylic oxidation sites excluding steroid dienone is 1. The lowest BCUT2D eigenvalue weighted by atomic mass is 10.1. The van der Waals surface area contributed by atoms with E-state index in [9.17, 15) is 9.59 Å². The first-order valence-corrected chi connectivity index (χ1v) is 4.10. The third kappa shape index (κ3) is 4.30. The molecule has 0 aliphatic carbocycles. The summed E-state index contributed by atoms with van der Waals surface area (Å²) in [6.07, 6.45) is 0.892. The molecule has 0 aliphatic rings. The Morgan fingerprint density at radius 1 is 1.46 bits per heavy atom. The zero-order valence-electron chi connectivity index (χ0n) is 8.03. The molecule has 0 rings (SSSR count). The summed E-state index contributed by atoms with van der Waals surface area (Å²) in [5.41, 5.74) is 0.